The number of azo groups is 1. The molecule has 28 heavy (non-hydrogen) atoms. The number of hydrogen-bond acceptors (Lipinski definition) is 7. The predicted octanol–water partition coefficient (Wildman–Crippen LogP) is 3.26. The van der Waals surface area contributed by atoms with Gasteiger partial charge in [-0.25, -0.2) is 4.79 Å². The van der Waals surface area contributed by atoms with Crippen molar-refractivity contribution in [1.29, 1.82) is 0 Å². The van der Waals surface area contributed by atoms with Crippen LogP contribution in [0.2, 0.25) is 0 Å². The van der Waals surface area contributed by atoms with Gasteiger partial charge in [0.05, 0.1) is 16.3 Å². The summed E-state index contributed by atoms with van der Waals surface area (Å²) >= 11 is 0. The number of aromatic amines is 2. The molecule has 0 atom stereocenters. The van der Waals surface area contributed by atoms with E-state index < -0.39 is 21.9 Å². The Morgan fingerprint density at radius 1 is 0.964 bits per heavy atom. The third kappa shape index (κ3) is 4.25. The number of hydrogen-bond donors (Lipinski definition) is 3. The van der Waals surface area contributed by atoms with Gasteiger partial charge in [0.25, 0.3) is 0 Å². The highest BCUT2D eigenvalue weighted by molar-refractivity contribution is 5.75. The van der Waals surface area contributed by atoms with Gasteiger partial charge in [-0.05, 0) is 42.5 Å². The summed E-state index contributed by atoms with van der Waals surface area (Å²) in [4.78, 5) is 37.2. The van der Waals surface area contributed by atoms with Gasteiger partial charge in [0.15, 0.2) is 0 Å². The molecule has 3 aromatic rings. The molecule has 0 aliphatic carbocycles. The maximum absolute atomic E-state index is 11.6. The van der Waals surface area contributed by atoms with Crippen molar-refractivity contribution in [3.63, 3.8) is 0 Å². The fraction of sp³-hybridized carbons (Fsp3) is 0. The number of phenolic OH excluding ortho intramolecular Hbond substituents is 1. The molecule has 0 radical (unpaired) electrons. The van der Waals surface area contributed by atoms with E-state index in [1.165, 1.54) is 24.3 Å². The fourth-order valence-corrected chi connectivity index (χ4v) is 2.32. The molecule has 0 saturated carbocycles. The molecule has 1 aromatic heterocycles. The van der Waals surface area contributed by atoms with Gasteiger partial charge in [0.1, 0.15) is 11.4 Å². The number of aromatic hydroxyl groups is 1. The van der Waals surface area contributed by atoms with E-state index >= 15 is 0 Å². The van der Waals surface area contributed by atoms with Crippen LogP contribution in [0.15, 0.2) is 68.3 Å². The lowest BCUT2D eigenvalue weighted by molar-refractivity contribution is -0.386. The first kappa shape index (κ1) is 18.5. The Hall–Kier alpha value is -4.34. The lowest BCUT2D eigenvalue weighted by Crippen LogP contribution is -2.25. The molecule has 140 valence electrons. The molecule has 3 N–H and O–H groups in total. The summed E-state index contributed by atoms with van der Waals surface area (Å²) < 4.78 is 0. The third-order valence-corrected chi connectivity index (χ3v) is 3.61. The minimum Gasteiger partial charge on any atom is -0.507 e. The lowest BCUT2D eigenvalue weighted by atomic mass is 10.1. The molecule has 3 rings (SSSR count). The number of aromatic nitrogens is 2. The van der Waals surface area contributed by atoms with Crippen LogP contribution in [0.4, 0.5) is 17.1 Å². The van der Waals surface area contributed by atoms with Crippen molar-refractivity contribution in [1.82, 2.24) is 9.97 Å². The van der Waals surface area contributed by atoms with Crippen LogP contribution >= 0.6 is 0 Å². The molecule has 2 aromatic carbocycles. The van der Waals surface area contributed by atoms with Gasteiger partial charge in [0.2, 0.25) is 0 Å². The van der Waals surface area contributed by atoms with Crippen LogP contribution in [0.25, 0.3) is 12.2 Å². The lowest BCUT2D eigenvalue weighted by Gasteiger charge is -2.01. The average Bonchev–Trinajstić information content (AvgIpc) is 2.66. The first-order valence-corrected chi connectivity index (χ1v) is 7.93. The van der Waals surface area contributed by atoms with Crippen molar-refractivity contribution >= 4 is 29.2 Å². The molecule has 0 spiro atoms. The molecule has 0 saturated heterocycles. The quantitative estimate of drug-likeness (QED) is 0.353. The monoisotopic (exact) mass is 379 g/mol. The second kappa shape index (κ2) is 7.91. The minimum atomic E-state index is -1.12. The first-order chi connectivity index (χ1) is 13.4. The van der Waals surface area contributed by atoms with Crippen molar-refractivity contribution in [2.75, 3.05) is 0 Å². The Labute approximate surface area is 156 Å². The Morgan fingerprint density at radius 3 is 2.39 bits per heavy atom. The number of nitro groups is 1. The number of phenols is 1. The van der Waals surface area contributed by atoms with Crippen LogP contribution in [-0.4, -0.2) is 20.0 Å². The van der Waals surface area contributed by atoms with Gasteiger partial charge in [-0.15, -0.1) is 0 Å². The van der Waals surface area contributed by atoms with E-state index in [9.17, 15) is 24.8 Å². The summed E-state index contributed by atoms with van der Waals surface area (Å²) in [7, 11) is 0. The molecule has 0 aliphatic rings. The second-order valence-electron chi connectivity index (χ2n) is 5.54. The number of H-pyrrole nitrogens is 2. The van der Waals surface area contributed by atoms with Crippen molar-refractivity contribution in [2.45, 2.75) is 0 Å². The van der Waals surface area contributed by atoms with Crippen LogP contribution in [0.3, 0.4) is 0 Å². The van der Waals surface area contributed by atoms with E-state index in [-0.39, 0.29) is 17.0 Å². The third-order valence-electron chi connectivity index (χ3n) is 3.61. The van der Waals surface area contributed by atoms with Crippen molar-refractivity contribution in [3.05, 3.63) is 90.7 Å². The molecular weight excluding hydrogens is 366 g/mol. The van der Waals surface area contributed by atoms with E-state index in [0.29, 0.717) is 11.4 Å². The van der Waals surface area contributed by atoms with Gasteiger partial charge in [-0.3, -0.25) is 19.9 Å². The molecule has 10 heteroatoms. The maximum atomic E-state index is 11.6. The number of benzene rings is 2. The fourth-order valence-electron chi connectivity index (χ4n) is 2.32. The van der Waals surface area contributed by atoms with Gasteiger partial charge < -0.3 is 10.1 Å². The summed E-state index contributed by atoms with van der Waals surface area (Å²) in [6.45, 7) is 0. The number of rotatable bonds is 5. The minimum absolute atomic E-state index is 0.121. The van der Waals surface area contributed by atoms with Crippen LogP contribution in [-0.2, 0) is 0 Å². The van der Waals surface area contributed by atoms with Crippen LogP contribution in [0, 0.1) is 10.1 Å². The van der Waals surface area contributed by atoms with Gasteiger partial charge in [-0.1, -0.05) is 18.2 Å². The molecule has 0 aliphatic heterocycles. The SMILES string of the molecule is O=c1[nH]c(/C=C/c2cc(N=Nc3ccccc3)ccc2O)c([N+](=O)[O-])c(=O)[nH]1. The van der Waals surface area contributed by atoms with Gasteiger partial charge >= 0.3 is 16.9 Å². The number of nitrogens with one attached hydrogen (secondary N) is 2. The molecule has 0 fully saturated rings. The highest BCUT2D eigenvalue weighted by atomic mass is 16.6. The topological polar surface area (TPSA) is 154 Å². The van der Waals surface area contributed by atoms with E-state index in [0.717, 1.165) is 6.08 Å². The Kier molecular flexibility index (Phi) is 5.21. The zero-order valence-electron chi connectivity index (χ0n) is 14.2. The molecule has 1 heterocycles. The Morgan fingerprint density at radius 2 is 1.68 bits per heavy atom. The summed E-state index contributed by atoms with van der Waals surface area (Å²) in [6, 6.07) is 13.4. The molecule has 0 amide bonds. The van der Waals surface area contributed by atoms with Crippen LogP contribution < -0.4 is 11.2 Å². The second-order valence-corrected chi connectivity index (χ2v) is 5.54. The van der Waals surface area contributed by atoms with E-state index in [1.54, 1.807) is 17.1 Å². The normalized spacial score (nSPS) is 11.3. The van der Waals surface area contributed by atoms with Gasteiger partial charge in [0, 0.05) is 5.56 Å². The summed E-state index contributed by atoms with van der Waals surface area (Å²) in [5, 5.41) is 29.2. The molecule has 0 bridgehead atoms. The molecule has 10 nitrogen and oxygen atoms in total. The summed E-state index contributed by atoms with van der Waals surface area (Å²) in [6.07, 6.45) is 2.47. The van der Waals surface area contributed by atoms with Crippen molar-refractivity contribution in [2.24, 2.45) is 10.2 Å². The highest BCUT2D eigenvalue weighted by Crippen LogP contribution is 2.27. The van der Waals surface area contributed by atoms with E-state index in [1.807, 2.05) is 18.2 Å². The van der Waals surface area contributed by atoms with E-state index in [2.05, 4.69) is 15.2 Å². The van der Waals surface area contributed by atoms with E-state index in [4.69, 9.17) is 0 Å². The zero-order chi connectivity index (χ0) is 20.1. The average molecular weight is 379 g/mol. The first-order valence-electron chi connectivity index (χ1n) is 7.93. The standard InChI is InChI=1S/C18H13N5O5/c24-15-9-7-13(22-21-12-4-2-1-3-5-12)10-11(15)6-8-14-16(23(27)28)17(25)20-18(26)19-14/h1-10,24H,(H2,19,20,25,26)/b8-6+,22-21?. The van der Waals surface area contributed by atoms with Crippen LogP contribution in [0.5, 0.6) is 5.75 Å². The summed E-state index contributed by atoms with van der Waals surface area (Å²) in [5.74, 6) is -0.121. The predicted molar refractivity (Wildman–Crippen MR) is 102 cm³/mol. The largest absolute Gasteiger partial charge is 0.507 e. The molecular formula is C18H13N5O5. The Bertz CT molecular complexity index is 1190. The van der Waals surface area contributed by atoms with Gasteiger partial charge in [-0.2, -0.15) is 10.2 Å². The zero-order valence-corrected chi connectivity index (χ0v) is 14.2. The van der Waals surface area contributed by atoms with Crippen LogP contribution in [0.1, 0.15) is 11.3 Å². The maximum Gasteiger partial charge on any atom is 0.357 e. The van der Waals surface area contributed by atoms with Crippen molar-refractivity contribution < 1.29 is 10.0 Å². The highest BCUT2D eigenvalue weighted by Gasteiger charge is 2.18. The van der Waals surface area contributed by atoms with Crippen molar-refractivity contribution in [3.8, 4) is 5.75 Å². The number of nitrogens with zero attached hydrogens (tertiary/aromatic N) is 3. The molecule has 0 unspecified atom stereocenters. The smallest absolute Gasteiger partial charge is 0.357 e. The summed E-state index contributed by atoms with van der Waals surface area (Å²) in [5.41, 5.74) is -1.78. The Balaban J connectivity index is 1.95.